The zero-order valence-electron chi connectivity index (χ0n) is 11.1. The Morgan fingerprint density at radius 2 is 1.79 bits per heavy atom. The average molecular weight is 307 g/mol. The van der Waals surface area contributed by atoms with E-state index in [-0.39, 0.29) is 13.2 Å². The largest absolute Gasteiger partial charge is 0.492 e. The summed E-state index contributed by atoms with van der Waals surface area (Å²) >= 11 is 5.75. The van der Waals surface area contributed by atoms with Gasteiger partial charge in [-0.25, -0.2) is 0 Å². The van der Waals surface area contributed by atoms with Crippen LogP contribution in [-0.4, -0.2) is 39.0 Å². The minimum Gasteiger partial charge on any atom is -0.492 e. The molecule has 1 rings (SSSR count). The van der Waals surface area contributed by atoms with E-state index >= 15 is 0 Å². The van der Waals surface area contributed by atoms with Gasteiger partial charge in [-0.05, 0) is 24.3 Å². The number of halogens is 1. The number of hydrogen-bond donors (Lipinski definition) is 1. The van der Waals surface area contributed by atoms with E-state index in [2.05, 4.69) is 4.72 Å². The van der Waals surface area contributed by atoms with Crippen LogP contribution in [0.5, 0.6) is 5.75 Å². The highest BCUT2D eigenvalue weighted by Crippen LogP contribution is 2.15. The van der Waals surface area contributed by atoms with Gasteiger partial charge in [0, 0.05) is 24.7 Å². The number of hydrogen-bond acceptors (Lipinski definition) is 3. The second-order valence-electron chi connectivity index (χ2n) is 3.79. The van der Waals surface area contributed by atoms with Crippen LogP contribution in [0.2, 0.25) is 5.02 Å². The first-order valence-corrected chi connectivity index (χ1v) is 7.94. The molecule has 19 heavy (non-hydrogen) atoms. The van der Waals surface area contributed by atoms with Crippen LogP contribution in [0.3, 0.4) is 0 Å². The van der Waals surface area contributed by atoms with Crippen LogP contribution < -0.4 is 9.46 Å². The minimum absolute atomic E-state index is 0.224. The van der Waals surface area contributed by atoms with Crippen molar-refractivity contribution in [2.75, 3.05) is 26.2 Å². The van der Waals surface area contributed by atoms with Crippen molar-refractivity contribution in [3.05, 3.63) is 29.3 Å². The molecule has 0 saturated carbocycles. The van der Waals surface area contributed by atoms with Gasteiger partial charge in [0.25, 0.3) is 10.2 Å². The molecule has 0 aliphatic carbocycles. The summed E-state index contributed by atoms with van der Waals surface area (Å²) in [5.41, 5.74) is 0. The van der Waals surface area contributed by atoms with Gasteiger partial charge in [0.05, 0.1) is 0 Å². The summed E-state index contributed by atoms with van der Waals surface area (Å²) in [6, 6.07) is 6.91. The molecule has 0 amide bonds. The molecule has 5 nitrogen and oxygen atoms in total. The molecular formula is C12H19ClN2O3S. The summed E-state index contributed by atoms with van der Waals surface area (Å²) in [5.74, 6) is 0.659. The quantitative estimate of drug-likeness (QED) is 0.746. The topological polar surface area (TPSA) is 58.6 Å². The third kappa shape index (κ3) is 5.36. The van der Waals surface area contributed by atoms with E-state index < -0.39 is 10.2 Å². The molecule has 0 radical (unpaired) electrons. The fraction of sp³-hybridized carbons (Fsp3) is 0.500. The highest BCUT2D eigenvalue weighted by atomic mass is 35.5. The van der Waals surface area contributed by atoms with Gasteiger partial charge in [-0.1, -0.05) is 25.4 Å². The molecule has 0 saturated heterocycles. The van der Waals surface area contributed by atoms with E-state index in [1.54, 1.807) is 38.1 Å². The molecular weight excluding hydrogens is 288 g/mol. The fourth-order valence-corrected chi connectivity index (χ4v) is 2.85. The number of ether oxygens (including phenoxy) is 1. The van der Waals surface area contributed by atoms with E-state index in [1.165, 1.54) is 4.31 Å². The van der Waals surface area contributed by atoms with Gasteiger partial charge in [-0.3, -0.25) is 0 Å². The Labute approximate surface area is 119 Å². The molecule has 1 aromatic carbocycles. The fourth-order valence-electron chi connectivity index (χ4n) is 1.53. The first-order chi connectivity index (χ1) is 8.99. The Morgan fingerprint density at radius 3 is 2.32 bits per heavy atom. The lowest BCUT2D eigenvalue weighted by Crippen LogP contribution is -2.41. The number of benzene rings is 1. The summed E-state index contributed by atoms with van der Waals surface area (Å²) < 4.78 is 32.8. The van der Waals surface area contributed by atoms with Crippen LogP contribution in [0.25, 0.3) is 0 Å². The molecule has 0 aliphatic rings. The van der Waals surface area contributed by atoms with Crippen LogP contribution in [0.4, 0.5) is 0 Å². The molecule has 1 N–H and O–H groups in total. The molecule has 7 heteroatoms. The number of nitrogens with one attached hydrogen (secondary N) is 1. The normalized spacial score (nSPS) is 11.8. The van der Waals surface area contributed by atoms with Crippen molar-refractivity contribution in [3.63, 3.8) is 0 Å². The molecule has 1 aromatic rings. The highest BCUT2D eigenvalue weighted by Gasteiger charge is 2.17. The molecule has 0 spiro atoms. The predicted octanol–water partition coefficient (Wildman–Crippen LogP) is 1.90. The van der Waals surface area contributed by atoms with Crippen molar-refractivity contribution in [2.24, 2.45) is 0 Å². The maximum Gasteiger partial charge on any atom is 0.279 e. The van der Waals surface area contributed by atoms with Crippen LogP contribution in [0.15, 0.2) is 24.3 Å². The lowest BCUT2D eigenvalue weighted by Gasteiger charge is -2.18. The highest BCUT2D eigenvalue weighted by molar-refractivity contribution is 7.87. The molecule has 0 unspecified atom stereocenters. The van der Waals surface area contributed by atoms with Crippen molar-refractivity contribution < 1.29 is 13.2 Å². The van der Waals surface area contributed by atoms with Crippen molar-refractivity contribution in [1.82, 2.24) is 9.03 Å². The molecule has 0 fully saturated rings. The van der Waals surface area contributed by atoms with E-state index in [1.807, 2.05) is 0 Å². The Bertz CT molecular complexity index is 472. The summed E-state index contributed by atoms with van der Waals surface area (Å²) in [6.07, 6.45) is 0. The zero-order chi connectivity index (χ0) is 14.3. The molecule has 0 aromatic heterocycles. The molecule has 0 atom stereocenters. The van der Waals surface area contributed by atoms with Gasteiger partial charge in [-0.15, -0.1) is 0 Å². The van der Waals surface area contributed by atoms with Gasteiger partial charge >= 0.3 is 0 Å². The smallest absolute Gasteiger partial charge is 0.279 e. The molecule has 108 valence electrons. The second-order valence-corrected chi connectivity index (χ2v) is 5.98. The monoisotopic (exact) mass is 306 g/mol. The lowest BCUT2D eigenvalue weighted by molar-refractivity contribution is 0.320. The summed E-state index contributed by atoms with van der Waals surface area (Å²) in [6.45, 7) is 4.98. The van der Waals surface area contributed by atoms with Crippen LogP contribution >= 0.6 is 11.6 Å². The van der Waals surface area contributed by atoms with Crippen molar-refractivity contribution in [1.29, 1.82) is 0 Å². The minimum atomic E-state index is -3.40. The standard InChI is InChI=1S/C12H19ClN2O3S/c1-3-15(4-2)19(16,17)14-9-10-18-12-7-5-11(13)6-8-12/h5-8,14H,3-4,9-10H2,1-2H3. The maximum absolute atomic E-state index is 11.8. The van der Waals surface area contributed by atoms with E-state index in [9.17, 15) is 8.42 Å². The van der Waals surface area contributed by atoms with Crippen molar-refractivity contribution in [2.45, 2.75) is 13.8 Å². The van der Waals surface area contributed by atoms with Gasteiger partial charge < -0.3 is 4.74 Å². The predicted molar refractivity (Wildman–Crippen MR) is 76.8 cm³/mol. The maximum atomic E-state index is 11.8. The van der Waals surface area contributed by atoms with E-state index in [0.717, 1.165) is 0 Å². The summed E-state index contributed by atoms with van der Waals surface area (Å²) in [7, 11) is -3.40. The Kier molecular flexibility index (Phi) is 6.57. The number of rotatable bonds is 8. The zero-order valence-corrected chi connectivity index (χ0v) is 12.7. The average Bonchev–Trinajstić information content (AvgIpc) is 2.38. The van der Waals surface area contributed by atoms with E-state index in [0.29, 0.717) is 23.9 Å². The van der Waals surface area contributed by atoms with Crippen LogP contribution in [0.1, 0.15) is 13.8 Å². The number of nitrogens with zero attached hydrogens (tertiary/aromatic N) is 1. The van der Waals surface area contributed by atoms with Crippen molar-refractivity contribution in [3.8, 4) is 5.75 Å². The third-order valence-electron chi connectivity index (χ3n) is 2.51. The summed E-state index contributed by atoms with van der Waals surface area (Å²) in [5, 5.41) is 0.634. The van der Waals surface area contributed by atoms with E-state index in [4.69, 9.17) is 16.3 Å². The van der Waals surface area contributed by atoms with Gasteiger partial charge in [0.1, 0.15) is 12.4 Å². The Balaban J connectivity index is 2.36. The lowest BCUT2D eigenvalue weighted by atomic mass is 10.3. The van der Waals surface area contributed by atoms with Gasteiger partial charge in [0.15, 0.2) is 0 Å². The SMILES string of the molecule is CCN(CC)S(=O)(=O)NCCOc1ccc(Cl)cc1. The van der Waals surface area contributed by atoms with Crippen LogP contribution in [-0.2, 0) is 10.2 Å². The first kappa shape index (κ1) is 16.2. The van der Waals surface area contributed by atoms with Gasteiger partial charge in [0.2, 0.25) is 0 Å². The van der Waals surface area contributed by atoms with Gasteiger partial charge in [-0.2, -0.15) is 17.4 Å². The third-order valence-corrected chi connectivity index (χ3v) is 4.53. The van der Waals surface area contributed by atoms with Crippen LogP contribution in [0, 0.1) is 0 Å². The summed E-state index contributed by atoms with van der Waals surface area (Å²) in [4.78, 5) is 0. The molecule has 0 heterocycles. The molecule has 0 bridgehead atoms. The Hall–Kier alpha value is -0.820. The Morgan fingerprint density at radius 1 is 1.21 bits per heavy atom. The second kappa shape index (κ2) is 7.69. The molecule has 0 aliphatic heterocycles. The van der Waals surface area contributed by atoms with Crippen molar-refractivity contribution >= 4 is 21.8 Å². The first-order valence-electron chi connectivity index (χ1n) is 6.12.